The SMILES string of the molecule is CC(C)(C)c1ccc(N2c3cccc4c3B(c3ccc5cc3N4c3ccccc3Sc3ccccc3N5c3ccccc3)c3sc4ccccc4c32)c(-c2cccc3sc4ccccc4c23)c1. The number of hydrogen-bond donors (Lipinski definition) is 0. The lowest BCUT2D eigenvalue weighted by atomic mass is 9.36. The molecule has 0 atom stereocenters. The van der Waals surface area contributed by atoms with E-state index in [9.17, 15) is 0 Å². The van der Waals surface area contributed by atoms with Gasteiger partial charge in [-0.1, -0.05) is 142 Å². The molecule has 67 heavy (non-hydrogen) atoms. The summed E-state index contributed by atoms with van der Waals surface area (Å²) in [6.07, 6.45) is 0. The van der Waals surface area contributed by atoms with Crippen molar-refractivity contribution in [2.75, 3.05) is 14.7 Å². The van der Waals surface area contributed by atoms with Crippen molar-refractivity contribution in [3.8, 4) is 11.1 Å². The first-order valence-electron chi connectivity index (χ1n) is 23.0. The van der Waals surface area contributed by atoms with Gasteiger partial charge in [0.2, 0.25) is 0 Å². The monoisotopic (exact) mass is 911 g/mol. The van der Waals surface area contributed by atoms with Crippen LogP contribution >= 0.6 is 34.4 Å². The second kappa shape index (κ2) is 14.7. The fraction of sp³-hybridized carbons (Fsp3) is 0.0667. The summed E-state index contributed by atoms with van der Waals surface area (Å²) in [5, 5.41) is 3.92. The Hall–Kier alpha value is -7.03. The van der Waals surface area contributed by atoms with Gasteiger partial charge in [0.05, 0.1) is 22.7 Å². The summed E-state index contributed by atoms with van der Waals surface area (Å²) in [5.41, 5.74) is 17.2. The second-order valence-electron chi connectivity index (χ2n) is 18.8. The summed E-state index contributed by atoms with van der Waals surface area (Å²) in [7, 11) is 0. The normalized spacial score (nSPS) is 13.7. The van der Waals surface area contributed by atoms with Crippen LogP contribution in [0.15, 0.2) is 210 Å². The highest BCUT2D eigenvalue weighted by molar-refractivity contribution is 7.99. The molecule has 3 nitrogen and oxygen atoms in total. The third kappa shape index (κ3) is 5.85. The third-order valence-corrected chi connectivity index (χ3v) is 17.5. The van der Waals surface area contributed by atoms with Crippen molar-refractivity contribution >= 4 is 138 Å². The number of benzene rings is 9. The second-order valence-corrected chi connectivity index (χ2v) is 22.1. The highest BCUT2D eigenvalue weighted by Crippen LogP contribution is 2.54. The van der Waals surface area contributed by atoms with Gasteiger partial charge in [-0.15, -0.1) is 22.7 Å². The van der Waals surface area contributed by atoms with Gasteiger partial charge >= 0.3 is 0 Å². The molecule has 0 saturated carbocycles. The van der Waals surface area contributed by atoms with Crippen molar-refractivity contribution in [3.05, 3.63) is 206 Å². The topological polar surface area (TPSA) is 9.72 Å². The Morgan fingerprint density at radius 3 is 1.82 bits per heavy atom. The lowest BCUT2D eigenvalue weighted by molar-refractivity contribution is 0.590. The minimum Gasteiger partial charge on any atom is -0.310 e. The number of para-hydroxylation sites is 3. The summed E-state index contributed by atoms with van der Waals surface area (Å²) in [6.45, 7) is 7.01. The maximum absolute atomic E-state index is 2.65. The van der Waals surface area contributed by atoms with Crippen LogP contribution in [0.4, 0.5) is 51.2 Å². The molecule has 9 aromatic carbocycles. The van der Waals surface area contributed by atoms with Crippen LogP contribution in [0.5, 0.6) is 0 Å². The summed E-state index contributed by atoms with van der Waals surface area (Å²) in [5.74, 6) is 0. The molecular weight excluding hydrogens is 870 g/mol. The van der Waals surface area contributed by atoms with Crippen molar-refractivity contribution < 1.29 is 0 Å². The van der Waals surface area contributed by atoms with E-state index in [4.69, 9.17) is 0 Å². The summed E-state index contributed by atoms with van der Waals surface area (Å²) < 4.78 is 5.31. The number of nitrogens with zero attached hydrogens (tertiary/aromatic N) is 3. The number of hydrogen-bond acceptors (Lipinski definition) is 6. The molecule has 7 heteroatoms. The molecule has 3 aliphatic heterocycles. The van der Waals surface area contributed by atoms with Crippen LogP contribution in [0.25, 0.3) is 41.4 Å². The first-order valence-corrected chi connectivity index (χ1v) is 25.5. The van der Waals surface area contributed by atoms with E-state index >= 15 is 0 Å². The van der Waals surface area contributed by atoms with E-state index in [0.717, 1.165) is 11.4 Å². The Morgan fingerprint density at radius 2 is 1.04 bits per heavy atom. The lowest BCUT2D eigenvalue weighted by Crippen LogP contribution is -2.60. The highest BCUT2D eigenvalue weighted by Gasteiger charge is 2.46. The van der Waals surface area contributed by atoms with Gasteiger partial charge in [-0.25, -0.2) is 0 Å². The number of fused-ring (bicyclic) bond motifs is 13. The van der Waals surface area contributed by atoms with Gasteiger partial charge in [-0.2, -0.15) is 0 Å². The maximum Gasteiger partial charge on any atom is 0.264 e. The quantitative estimate of drug-likeness (QED) is 0.163. The van der Waals surface area contributed by atoms with Gasteiger partial charge in [-0.3, -0.25) is 0 Å². The highest BCUT2D eigenvalue weighted by atomic mass is 32.2. The molecule has 2 aromatic heterocycles. The van der Waals surface area contributed by atoms with E-state index in [1.165, 1.54) is 112 Å². The van der Waals surface area contributed by atoms with Crippen LogP contribution in [0, 0.1) is 0 Å². The smallest absolute Gasteiger partial charge is 0.264 e. The zero-order chi connectivity index (χ0) is 44.5. The molecule has 0 spiro atoms. The first-order chi connectivity index (χ1) is 32.9. The van der Waals surface area contributed by atoms with E-state index in [2.05, 4.69) is 236 Å². The molecule has 0 N–H and O–H groups in total. The minimum atomic E-state index is -0.0509. The van der Waals surface area contributed by atoms with E-state index in [1.807, 2.05) is 34.4 Å². The van der Waals surface area contributed by atoms with Crippen molar-refractivity contribution in [2.45, 2.75) is 36.0 Å². The van der Waals surface area contributed by atoms with Gasteiger partial charge in [0.15, 0.2) is 0 Å². The summed E-state index contributed by atoms with van der Waals surface area (Å²) in [6, 6.07) is 75.2. The van der Waals surface area contributed by atoms with Crippen LogP contribution in [0.3, 0.4) is 0 Å². The van der Waals surface area contributed by atoms with Crippen LogP contribution < -0.4 is 30.4 Å². The Labute approximate surface area is 403 Å². The van der Waals surface area contributed by atoms with E-state index in [-0.39, 0.29) is 12.1 Å². The van der Waals surface area contributed by atoms with Crippen molar-refractivity contribution in [1.82, 2.24) is 0 Å². The largest absolute Gasteiger partial charge is 0.310 e. The molecule has 14 rings (SSSR count). The molecule has 0 fully saturated rings. The fourth-order valence-corrected chi connectivity index (χ4v) is 14.5. The molecule has 0 amide bonds. The summed E-state index contributed by atoms with van der Waals surface area (Å²) in [4.78, 5) is 10.1. The Kier molecular flexibility index (Phi) is 8.62. The van der Waals surface area contributed by atoms with Crippen LogP contribution in [0.2, 0.25) is 0 Å². The molecule has 5 heterocycles. The predicted octanol–water partition coefficient (Wildman–Crippen LogP) is 16.3. The zero-order valence-corrected chi connectivity index (χ0v) is 39.6. The van der Waals surface area contributed by atoms with Crippen molar-refractivity contribution in [1.29, 1.82) is 0 Å². The lowest BCUT2D eigenvalue weighted by Gasteiger charge is -2.44. The van der Waals surface area contributed by atoms with Crippen molar-refractivity contribution in [3.63, 3.8) is 0 Å². The zero-order valence-electron chi connectivity index (χ0n) is 37.2. The molecular formula is C60H42BN3S3. The average Bonchev–Trinajstić information content (AvgIpc) is 3.94. The molecule has 318 valence electrons. The Bertz CT molecular complexity index is 3830. The Morgan fingerprint density at radius 1 is 0.418 bits per heavy atom. The molecule has 0 saturated heterocycles. The fourth-order valence-electron chi connectivity index (χ4n) is 11.0. The van der Waals surface area contributed by atoms with Gasteiger partial charge in [0.1, 0.15) is 0 Å². The number of anilines is 9. The standard InChI is InChI=1S/C60H42BN3S3/c1-60(2,3)37-31-34-45(43(35-37)40-21-15-30-55-56(40)41-19-7-11-26-51(41)65-55)64-49-25-16-24-48-57(49)61(59-58(64)42-20-8-12-27-52(42)67-59)44-33-32-39-36-50(44)63(48)47-23-10-14-29-54(47)66-53-28-13-9-22-46(53)62(39)38-17-5-4-6-18-38/h4-36H,1-3H3. The van der Waals surface area contributed by atoms with Crippen molar-refractivity contribution in [2.24, 2.45) is 0 Å². The molecule has 0 radical (unpaired) electrons. The molecule has 11 aromatic rings. The van der Waals surface area contributed by atoms with E-state index in [1.54, 1.807) is 0 Å². The van der Waals surface area contributed by atoms with E-state index in [0.29, 0.717) is 0 Å². The first kappa shape index (κ1) is 39.2. The van der Waals surface area contributed by atoms with Gasteiger partial charge in [0.25, 0.3) is 6.71 Å². The number of thiophene rings is 2. The molecule has 0 unspecified atom stereocenters. The molecule has 0 aliphatic carbocycles. The van der Waals surface area contributed by atoms with Crippen LogP contribution in [0.1, 0.15) is 26.3 Å². The summed E-state index contributed by atoms with van der Waals surface area (Å²) >= 11 is 5.69. The molecule has 2 bridgehead atoms. The van der Waals surface area contributed by atoms with Gasteiger partial charge in [0, 0.05) is 78.8 Å². The average molecular weight is 912 g/mol. The minimum absolute atomic E-state index is 0.0110. The van der Waals surface area contributed by atoms with Crippen LogP contribution in [-0.2, 0) is 5.41 Å². The third-order valence-electron chi connectivity index (χ3n) is 14.0. The van der Waals surface area contributed by atoms with Crippen LogP contribution in [-0.4, -0.2) is 6.71 Å². The van der Waals surface area contributed by atoms with E-state index < -0.39 is 0 Å². The molecule has 3 aliphatic rings. The predicted molar refractivity (Wildman–Crippen MR) is 292 cm³/mol. The van der Waals surface area contributed by atoms with Gasteiger partial charge < -0.3 is 14.7 Å². The van der Waals surface area contributed by atoms with Gasteiger partial charge in [-0.05, 0) is 118 Å². The Balaban J connectivity index is 1.08. The maximum atomic E-state index is 2.65. The number of rotatable bonds is 3.